The number of carboxylic acids is 1. The molecule has 0 radical (unpaired) electrons. The normalized spacial score (nSPS) is 19.2. The van der Waals surface area contributed by atoms with Gasteiger partial charge in [-0.3, -0.25) is 4.79 Å². The molecule has 0 bridgehead atoms. The number of rotatable bonds is 1. The first-order valence-corrected chi connectivity index (χ1v) is 5.17. The molecule has 0 aromatic heterocycles. The highest BCUT2D eigenvalue weighted by Gasteiger charge is 2.27. The van der Waals surface area contributed by atoms with Gasteiger partial charge in [0, 0.05) is 5.02 Å². The summed E-state index contributed by atoms with van der Waals surface area (Å²) in [5.41, 5.74) is 0.756. The van der Waals surface area contributed by atoms with Crippen LogP contribution in [0, 0.1) is 5.92 Å². The molecule has 1 N–H and O–H groups in total. The van der Waals surface area contributed by atoms with Gasteiger partial charge in [0.15, 0.2) is 0 Å². The van der Waals surface area contributed by atoms with Crippen molar-refractivity contribution in [2.45, 2.75) is 6.42 Å². The van der Waals surface area contributed by atoms with Crippen LogP contribution < -0.4 is 4.74 Å². The van der Waals surface area contributed by atoms with Crippen molar-refractivity contribution in [2.75, 3.05) is 6.61 Å². The Labute approximate surface area is 96.6 Å². The highest BCUT2D eigenvalue weighted by Crippen LogP contribution is 2.36. The third-order valence-corrected chi connectivity index (χ3v) is 2.83. The fourth-order valence-corrected chi connectivity index (χ4v) is 2.18. The Hall–Kier alpha value is -0.930. The molecule has 1 aliphatic rings. The number of carbonyl (C=O) groups is 1. The standard InChI is InChI=1S/C10H8Cl2O3/c11-7-2-5-1-6(10(13)14)4-15-9(5)8(12)3-7/h2-3,6H,1,4H2,(H,13,14). The number of hydrogen-bond donors (Lipinski definition) is 1. The van der Waals surface area contributed by atoms with Crippen molar-refractivity contribution >= 4 is 29.2 Å². The van der Waals surface area contributed by atoms with E-state index in [4.69, 9.17) is 33.0 Å². The van der Waals surface area contributed by atoms with Crippen LogP contribution in [0.1, 0.15) is 5.56 Å². The summed E-state index contributed by atoms with van der Waals surface area (Å²) in [5, 5.41) is 9.78. The zero-order valence-corrected chi connectivity index (χ0v) is 9.18. The summed E-state index contributed by atoms with van der Waals surface area (Å²) < 4.78 is 5.31. The van der Waals surface area contributed by atoms with E-state index < -0.39 is 11.9 Å². The first-order valence-electron chi connectivity index (χ1n) is 4.41. The van der Waals surface area contributed by atoms with Crippen LogP contribution in [0.2, 0.25) is 10.0 Å². The van der Waals surface area contributed by atoms with E-state index in [0.29, 0.717) is 22.2 Å². The zero-order valence-electron chi connectivity index (χ0n) is 7.67. The molecule has 1 aromatic rings. The van der Waals surface area contributed by atoms with Gasteiger partial charge >= 0.3 is 5.97 Å². The van der Waals surface area contributed by atoms with E-state index in [0.717, 1.165) is 5.56 Å². The van der Waals surface area contributed by atoms with Gasteiger partial charge in [0.25, 0.3) is 0 Å². The lowest BCUT2D eigenvalue weighted by Gasteiger charge is -2.23. The van der Waals surface area contributed by atoms with Crippen LogP contribution in [0.15, 0.2) is 12.1 Å². The maximum atomic E-state index is 10.8. The highest BCUT2D eigenvalue weighted by atomic mass is 35.5. The maximum absolute atomic E-state index is 10.8. The van der Waals surface area contributed by atoms with Crippen LogP contribution >= 0.6 is 23.2 Å². The van der Waals surface area contributed by atoms with E-state index in [2.05, 4.69) is 0 Å². The van der Waals surface area contributed by atoms with Crippen molar-refractivity contribution in [2.24, 2.45) is 5.92 Å². The molecular weight excluding hydrogens is 239 g/mol. The van der Waals surface area contributed by atoms with Crippen LogP contribution in [-0.2, 0) is 11.2 Å². The minimum absolute atomic E-state index is 0.156. The van der Waals surface area contributed by atoms with Crippen molar-refractivity contribution in [1.82, 2.24) is 0 Å². The van der Waals surface area contributed by atoms with Crippen LogP contribution in [-0.4, -0.2) is 17.7 Å². The van der Waals surface area contributed by atoms with Gasteiger partial charge in [-0.05, 0) is 24.1 Å². The second kappa shape index (κ2) is 3.91. The summed E-state index contributed by atoms with van der Waals surface area (Å²) in [6, 6.07) is 3.28. The Morgan fingerprint density at radius 1 is 1.47 bits per heavy atom. The summed E-state index contributed by atoms with van der Waals surface area (Å²) in [5.74, 6) is -0.831. The number of ether oxygens (including phenoxy) is 1. The topological polar surface area (TPSA) is 46.5 Å². The van der Waals surface area contributed by atoms with Gasteiger partial charge in [0.2, 0.25) is 0 Å². The summed E-state index contributed by atoms with van der Waals surface area (Å²) in [6.45, 7) is 0.156. The predicted molar refractivity (Wildman–Crippen MR) is 56.8 cm³/mol. The molecule has 2 rings (SSSR count). The fourth-order valence-electron chi connectivity index (χ4n) is 1.59. The van der Waals surface area contributed by atoms with Gasteiger partial charge in [0.05, 0.1) is 10.9 Å². The van der Waals surface area contributed by atoms with Crippen molar-refractivity contribution in [3.63, 3.8) is 0 Å². The Morgan fingerprint density at radius 3 is 2.87 bits per heavy atom. The summed E-state index contributed by atoms with van der Waals surface area (Å²) in [6.07, 6.45) is 0.408. The molecule has 0 spiro atoms. The van der Waals surface area contributed by atoms with Gasteiger partial charge in [-0.2, -0.15) is 0 Å². The summed E-state index contributed by atoms with van der Waals surface area (Å²) >= 11 is 11.7. The Bertz CT molecular complexity index is 417. The van der Waals surface area contributed by atoms with Crippen LogP contribution in [0.5, 0.6) is 5.75 Å². The smallest absolute Gasteiger partial charge is 0.310 e. The average Bonchev–Trinajstić information content (AvgIpc) is 2.16. The molecule has 0 aliphatic carbocycles. The molecule has 0 saturated heterocycles. The lowest BCUT2D eigenvalue weighted by atomic mass is 9.97. The molecule has 1 unspecified atom stereocenters. The van der Waals surface area contributed by atoms with E-state index in [9.17, 15) is 4.79 Å². The molecule has 5 heteroatoms. The van der Waals surface area contributed by atoms with E-state index in [1.807, 2.05) is 0 Å². The third kappa shape index (κ3) is 2.03. The van der Waals surface area contributed by atoms with Crippen molar-refractivity contribution in [3.05, 3.63) is 27.7 Å². The third-order valence-electron chi connectivity index (χ3n) is 2.33. The maximum Gasteiger partial charge on any atom is 0.310 e. The fraction of sp³-hybridized carbons (Fsp3) is 0.300. The molecule has 1 heterocycles. The SMILES string of the molecule is O=C(O)C1COc2c(Cl)cc(Cl)cc2C1. The molecule has 3 nitrogen and oxygen atoms in total. The van der Waals surface area contributed by atoms with E-state index in [-0.39, 0.29) is 6.61 Å². The molecule has 1 aromatic carbocycles. The number of fused-ring (bicyclic) bond motifs is 1. The van der Waals surface area contributed by atoms with Crippen molar-refractivity contribution in [1.29, 1.82) is 0 Å². The van der Waals surface area contributed by atoms with E-state index in [1.165, 1.54) is 0 Å². The predicted octanol–water partition coefficient (Wildman–Crippen LogP) is 2.63. The number of halogens is 2. The number of carboxylic acid groups (broad SMARTS) is 1. The van der Waals surface area contributed by atoms with Gasteiger partial charge < -0.3 is 9.84 Å². The highest BCUT2D eigenvalue weighted by molar-refractivity contribution is 6.35. The molecule has 0 amide bonds. The Balaban J connectivity index is 2.37. The Morgan fingerprint density at radius 2 is 2.20 bits per heavy atom. The van der Waals surface area contributed by atoms with Crippen LogP contribution in [0.3, 0.4) is 0 Å². The molecular formula is C10H8Cl2O3. The van der Waals surface area contributed by atoms with Gasteiger partial charge in [-0.25, -0.2) is 0 Å². The first-order chi connectivity index (χ1) is 7.08. The second-order valence-electron chi connectivity index (χ2n) is 3.43. The monoisotopic (exact) mass is 246 g/mol. The minimum Gasteiger partial charge on any atom is -0.491 e. The van der Waals surface area contributed by atoms with Crippen LogP contribution in [0.25, 0.3) is 0 Å². The molecule has 15 heavy (non-hydrogen) atoms. The van der Waals surface area contributed by atoms with Crippen molar-refractivity contribution in [3.8, 4) is 5.75 Å². The van der Waals surface area contributed by atoms with Gasteiger partial charge in [0.1, 0.15) is 12.4 Å². The first kappa shape index (κ1) is 10.6. The largest absolute Gasteiger partial charge is 0.491 e. The van der Waals surface area contributed by atoms with Gasteiger partial charge in [-0.15, -0.1) is 0 Å². The quantitative estimate of drug-likeness (QED) is 0.829. The number of hydrogen-bond acceptors (Lipinski definition) is 2. The molecule has 0 fully saturated rings. The average molecular weight is 247 g/mol. The van der Waals surface area contributed by atoms with E-state index in [1.54, 1.807) is 12.1 Å². The van der Waals surface area contributed by atoms with Gasteiger partial charge in [-0.1, -0.05) is 23.2 Å². The molecule has 1 atom stereocenters. The van der Waals surface area contributed by atoms with Crippen molar-refractivity contribution < 1.29 is 14.6 Å². The number of aliphatic carboxylic acids is 1. The second-order valence-corrected chi connectivity index (χ2v) is 4.27. The zero-order chi connectivity index (χ0) is 11.0. The summed E-state index contributed by atoms with van der Waals surface area (Å²) in [4.78, 5) is 10.8. The molecule has 0 saturated carbocycles. The van der Waals surface area contributed by atoms with Crippen LogP contribution in [0.4, 0.5) is 0 Å². The molecule has 1 aliphatic heterocycles. The lowest BCUT2D eigenvalue weighted by Crippen LogP contribution is -2.27. The Kier molecular flexibility index (Phi) is 2.76. The number of benzene rings is 1. The minimum atomic E-state index is -0.864. The summed E-state index contributed by atoms with van der Waals surface area (Å²) in [7, 11) is 0. The lowest BCUT2D eigenvalue weighted by molar-refractivity contribution is -0.143. The van der Waals surface area contributed by atoms with E-state index >= 15 is 0 Å². The molecule has 80 valence electrons.